The number of aliphatic hydroxyl groups is 1. The summed E-state index contributed by atoms with van der Waals surface area (Å²) in [5.74, 6) is 0.0745. The van der Waals surface area contributed by atoms with Gasteiger partial charge in [-0.1, -0.05) is 31.0 Å². The third-order valence-electron chi connectivity index (χ3n) is 6.53. The topological polar surface area (TPSA) is 53.0 Å². The Morgan fingerprint density at radius 1 is 1.12 bits per heavy atom. The van der Waals surface area contributed by atoms with Crippen molar-refractivity contribution in [3.63, 3.8) is 0 Å². The van der Waals surface area contributed by atoms with Gasteiger partial charge in [0.05, 0.1) is 12.0 Å². The molecule has 1 N–H and O–H groups in total. The van der Waals surface area contributed by atoms with Crippen LogP contribution in [0.1, 0.15) is 44.1 Å². The molecule has 1 atom stereocenters. The monoisotopic (exact) mass is 358 g/mol. The summed E-state index contributed by atoms with van der Waals surface area (Å²) in [6, 6.07) is 8.11. The molecule has 0 amide bonds. The molecule has 2 heterocycles. The van der Waals surface area contributed by atoms with Gasteiger partial charge in [0.15, 0.2) is 0 Å². The molecule has 26 heavy (non-hydrogen) atoms. The first-order valence-corrected chi connectivity index (χ1v) is 10.1. The molecule has 1 aromatic rings. The zero-order valence-electron chi connectivity index (χ0n) is 15.5. The number of anilines is 1. The van der Waals surface area contributed by atoms with E-state index in [2.05, 4.69) is 15.9 Å². The van der Waals surface area contributed by atoms with Gasteiger partial charge in [0.2, 0.25) is 0 Å². The number of hydrogen-bond acceptors (Lipinski definition) is 5. The number of nitrogens with zero attached hydrogens (tertiary/aromatic N) is 2. The molecule has 1 aliphatic carbocycles. The minimum Gasteiger partial charge on any atom is -0.462 e. The molecule has 0 radical (unpaired) electrons. The molecule has 1 aromatic carbocycles. The van der Waals surface area contributed by atoms with Crippen LogP contribution in [-0.2, 0) is 16.1 Å². The average Bonchev–Trinajstić information content (AvgIpc) is 3.28. The van der Waals surface area contributed by atoms with Crippen molar-refractivity contribution < 1.29 is 14.6 Å². The van der Waals surface area contributed by atoms with Gasteiger partial charge in [-0.05, 0) is 25.3 Å². The van der Waals surface area contributed by atoms with E-state index in [4.69, 9.17) is 4.74 Å². The molecular weight excluding hydrogens is 328 g/mol. The van der Waals surface area contributed by atoms with E-state index in [1.165, 1.54) is 12.8 Å². The van der Waals surface area contributed by atoms with Crippen LogP contribution in [0.25, 0.3) is 0 Å². The fourth-order valence-corrected chi connectivity index (χ4v) is 4.95. The van der Waals surface area contributed by atoms with Gasteiger partial charge in [0.1, 0.15) is 6.10 Å². The highest BCUT2D eigenvalue weighted by atomic mass is 16.6. The molecule has 2 saturated heterocycles. The number of para-hydroxylation sites is 1. The normalized spacial score (nSPS) is 25.8. The lowest BCUT2D eigenvalue weighted by Crippen LogP contribution is -2.47. The summed E-state index contributed by atoms with van der Waals surface area (Å²) in [6.45, 7) is 5.09. The predicted molar refractivity (Wildman–Crippen MR) is 101 cm³/mol. The third-order valence-corrected chi connectivity index (χ3v) is 6.53. The van der Waals surface area contributed by atoms with Crippen molar-refractivity contribution in [3.05, 3.63) is 29.8 Å². The number of piperazine rings is 1. The first-order chi connectivity index (χ1) is 12.7. The van der Waals surface area contributed by atoms with Crippen LogP contribution in [0.4, 0.5) is 5.69 Å². The molecule has 0 bridgehead atoms. The minimum atomic E-state index is -0.128. The highest BCUT2D eigenvalue weighted by Crippen LogP contribution is 2.48. The summed E-state index contributed by atoms with van der Waals surface area (Å²) in [5, 5.41) is 9.54. The van der Waals surface area contributed by atoms with Crippen LogP contribution in [0.3, 0.4) is 0 Å². The molecule has 5 nitrogen and oxygen atoms in total. The maximum atomic E-state index is 12.3. The van der Waals surface area contributed by atoms with Crippen molar-refractivity contribution in [1.82, 2.24) is 4.90 Å². The third kappa shape index (κ3) is 3.47. The second-order valence-corrected chi connectivity index (χ2v) is 8.12. The van der Waals surface area contributed by atoms with Gasteiger partial charge < -0.3 is 14.7 Å². The van der Waals surface area contributed by atoms with Crippen LogP contribution < -0.4 is 4.90 Å². The van der Waals surface area contributed by atoms with Gasteiger partial charge in [-0.2, -0.15) is 0 Å². The first-order valence-electron chi connectivity index (χ1n) is 10.1. The van der Waals surface area contributed by atoms with Crippen LogP contribution in [0.15, 0.2) is 24.3 Å². The summed E-state index contributed by atoms with van der Waals surface area (Å²) < 4.78 is 5.71. The number of hydrogen-bond donors (Lipinski definition) is 1. The molecule has 2 aliphatic heterocycles. The highest BCUT2D eigenvalue weighted by molar-refractivity contribution is 5.79. The summed E-state index contributed by atoms with van der Waals surface area (Å²) in [5.41, 5.74) is 2.03. The van der Waals surface area contributed by atoms with Crippen LogP contribution in [0.2, 0.25) is 0 Å². The van der Waals surface area contributed by atoms with Crippen molar-refractivity contribution in [1.29, 1.82) is 0 Å². The number of carbonyl (C=O) groups is 1. The van der Waals surface area contributed by atoms with Gasteiger partial charge in [-0.25, -0.2) is 0 Å². The van der Waals surface area contributed by atoms with E-state index in [-0.39, 0.29) is 24.1 Å². The molecule has 1 saturated carbocycles. The average molecular weight is 358 g/mol. The van der Waals surface area contributed by atoms with Crippen molar-refractivity contribution in [2.45, 2.75) is 51.2 Å². The summed E-state index contributed by atoms with van der Waals surface area (Å²) in [7, 11) is 0. The lowest BCUT2D eigenvalue weighted by Gasteiger charge is -2.37. The Balaban J connectivity index is 1.25. The van der Waals surface area contributed by atoms with Crippen molar-refractivity contribution in [2.75, 3.05) is 37.6 Å². The molecule has 142 valence electrons. The second kappa shape index (κ2) is 7.57. The van der Waals surface area contributed by atoms with Gasteiger partial charge in [0.25, 0.3) is 0 Å². The van der Waals surface area contributed by atoms with E-state index in [9.17, 15) is 9.90 Å². The van der Waals surface area contributed by atoms with E-state index in [0.717, 1.165) is 69.7 Å². The Labute approximate surface area is 155 Å². The zero-order valence-corrected chi connectivity index (χ0v) is 15.5. The molecule has 3 fully saturated rings. The Morgan fingerprint density at radius 3 is 2.58 bits per heavy atom. The minimum absolute atomic E-state index is 0.0745. The van der Waals surface area contributed by atoms with Crippen LogP contribution in [0.5, 0.6) is 0 Å². The van der Waals surface area contributed by atoms with E-state index in [1.807, 2.05) is 18.2 Å². The van der Waals surface area contributed by atoms with E-state index in [0.29, 0.717) is 0 Å². The molecular formula is C21H30N2O3. The molecule has 1 unspecified atom stereocenters. The first kappa shape index (κ1) is 17.8. The number of benzene rings is 1. The molecule has 0 aromatic heterocycles. The Bertz CT molecular complexity index is 634. The largest absolute Gasteiger partial charge is 0.462 e. The van der Waals surface area contributed by atoms with Gasteiger partial charge in [0, 0.05) is 50.4 Å². The lowest BCUT2D eigenvalue weighted by molar-refractivity contribution is -0.148. The van der Waals surface area contributed by atoms with Crippen molar-refractivity contribution >= 4 is 11.7 Å². The van der Waals surface area contributed by atoms with Crippen LogP contribution in [-0.4, -0.2) is 54.8 Å². The Kier molecular flexibility index (Phi) is 5.18. The fraction of sp³-hybridized carbons (Fsp3) is 0.667. The molecule has 5 heteroatoms. The van der Waals surface area contributed by atoms with E-state index < -0.39 is 0 Å². The Hall–Kier alpha value is -1.59. The maximum absolute atomic E-state index is 12.3. The number of cyclic esters (lactones) is 1. The van der Waals surface area contributed by atoms with E-state index >= 15 is 0 Å². The van der Waals surface area contributed by atoms with Gasteiger partial charge in [-0.3, -0.25) is 9.69 Å². The number of ether oxygens (including phenoxy) is 1. The maximum Gasteiger partial charge on any atom is 0.312 e. The van der Waals surface area contributed by atoms with Gasteiger partial charge in [-0.15, -0.1) is 0 Å². The van der Waals surface area contributed by atoms with Crippen molar-refractivity contribution in [3.8, 4) is 0 Å². The fourth-order valence-electron chi connectivity index (χ4n) is 4.95. The molecule has 3 aliphatic rings. The molecule has 4 rings (SSSR count). The Morgan fingerprint density at radius 2 is 1.85 bits per heavy atom. The van der Waals surface area contributed by atoms with Gasteiger partial charge >= 0.3 is 5.97 Å². The number of aliphatic hydroxyl groups excluding tert-OH is 1. The zero-order chi connectivity index (χ0) is 18.0. The van der Waals surface area contributed by atoms with E-state index in [1.54, 1.807) is 0 Å². The van der Waals surface area contributed by atoms with Crippen LogP contribution in [0, 0.1) is 5.41 Å². The predicted octanol–water partition coefficient (Wildman–Crippen LogP) is 2.57. The quantitative estimate of drug-likeness (QED) is 0.820. The highest BCUT2D eigenvalue weighted by Gasteiger charge is 2.50. The summed E-state index contributed by atoms with van der Waals surface area (Å²) in [6.07, 6.45) is 6.44. The number of rotatable bonds is 5. The number of carbonyl (C=O) groups excluding carboxylic acids is 1. The SMILES string of the molecule is O=C1OC(CCN2CCN(c3ccccc3CO)CC2)CC12CCCC2. The summed E-state index contributed by atoms with van der Waals surface area (Å²) >= 11 is 0. The number of esters is 1. The lowest BCUT2D eigenvalue weighted by atomic mass is 9.83. The summed E-state index contributed by atoms with van der Waals surface area (Å²) in [4.78, 5) is 17.1. The van der Waals surface area contributed by atoms with Crippen molar-refractivity contribution in [2.24, 2.45) is 5.41 Å². The smallest absolute Gasteiger partial charge is 0.312 e. The molecule has 1 spiro atoms. The standard InChI is InChI=1S/C21H30N2O3/c24-16-17-5-1-2-6-19(17)23-13-11-22(12-14-23)10-7-18-15-21(20(25)26-18)8-3-4-9-21/h1-2,5-6,18,24H,3-4,7-16H2. The second-order valence-electron chi connectivity index (χ2n) is 8.12. The van der Waals surface area contributed by atoms with Crippen LogP contribution >= 0.6 is 0 Å².